The molecule has 0 radical (unpaired) electrons. The van der Waals surface area contributed by atoms with Gasteiger partial charge in [-0.25, -0.2) is 0 Å². The number of nitrogens with one attached hydrogen (secondary N) is 2. The van der Waals surface area contributed by atoms with Crippen LogP contribution in [0.5, 0.6) is 5.75 Å². The standard InChI is InChI=1S/C17H19N3O3S/c1-3-23-16-10-4-13(5-11-16)12(2)18-17(24)19-14-6-8-15(9-7-14)20(21)22/h4-12H,3H2,1-2H3,(H2,18,19,24)/t12-/m0/s1. The highest BCUT2D eigenvalue weighted by Crippen LogP contribution is 2.18. The monoisotopic (exact) mass is 345 g/mol. The minimum absolute atomic E-state index is 0.0127. The molecule has 0 aliphatic heterocycles. The van der Waals surface area contributed by atoms with Gasteiger partial charge in [0.25, 0.3) is 5.69 Å². The Bertz CT molecular complexity index is 702. The van der Waals surface area contributed by atoms with Crippen LogP contribution in [0.25, 0.3) is 0 Å². The van der Waals surface area contributed by atoms with E-state index in [-0.39, 0.29) is 11.7 Å². The van der Waals surface area contributed by atoms with Crippen LogP contribution in [0.15, 0.2) is 48.5 Å². The largest absolute Gasteiger partial charge is 0.494 e. The Morgan fingerprint density at radius 1 is 1.21 bits per heavy atom. The van der Waals surface area contributed by atoms with Gasteiger partial charge >= 0.3 is 0 Å². The molecule has 0 amide bonds. The highest BCUT2D eigenvalue weighted by atomic mass is 32.1. The molecule has 1 atom stereocenters. The first kappa shape index (κ1) is 17.7. The Morgan fingerprint density at radius 2 is 1.83 bits per heavy atom. The molecular formula is C17H19N3O3S. The van der Waals surface area contributed by atoms with Crippen molar-refractivity contribution in [3.05, 3.63) is 64.2 Å². The lowest BCUT2D eigenvalue weighted by Gasteiger charge is -2.17. The molecule has 0 fully saturated rings. The van der Waals surface area contributed by atoms with Crippen molar-refractivity contribution in [3.8, 4) is 5.75 Å². The third-order valence-electron chi connectivity index (χ3n) is 3.37. The fourth-order valence-corrected chi connectivity index (χ4v) is 2.43. The van der Waals surface area contributed by atoms with Crippen LogP contribution in [0, 0.1) is 10.1 Å². The van der Waals surface area contributed by atoms with Crippen LogP contribution in [0.1, 0.15) is 25.5 Å². The van der Waals surface area contributed by atoms with E-state index in [1.165, 1.54) is 12.1 Å². The molecule has 7 heteroatoms. The summed E-state index contributed by atoms with van der Waals surface area (Å²) in [6.45, 7) is 4.58. The second-order valence-corrected chi connectivity index (χ2v) is 5.53. The van der Waals surface area contributed by atoms with Gasteiger partial charge in [0.2, 0.25) is 0 Å². The SMILES string of the molecule is CCOc1ccc([C@H](C)NC(=S)Nc2ccc([N+](=O)[O-])cc2)cc1. The number of anilines is 1. The van der Waals surface area contributed by atoms with Crippen molar-refractivity contribution in [3.63, 3.8) is 0 Å². The Balaban J connectivity index is 1.92. The van der Waals surface area contributed by atoms with E-state index in [0.717, 1.165) is 11.3 Å². The number of nitro groups is 1. The summed E-state index contributed by atoms with van der Waals surface area (Å²) in [6, 6.07) is 13.9. The van der Waals surface area contributed by atoms with E-state index in [1.807, 2.05) is 38.1 Å². The van der Waals surface area contributed by atoms with E-state index < -0.39 is 4.92 Å². The normalized spacial score (nSPS) is 11.4. The first-order valence-electron chi connectivity index (χ1n) is 7.54. The van der Waals surface area contributed by atoms with Gasteiger partial charge in [0.1, 0.15) is 5.75 Å². The molecular weight excluding hydrogens is 326 g/mol. The summed E-state index contributed by atoms with van der Waals surface area (Å²) < 4.78 is 5.42. The number of nitro benzene ring substituents is 1. The van der Waals surface area contributed by atoms with Crippen molar-refractivity contribution in [2.24, 2.45) is 0 Å². The fraction of sp³-hybridized carbons (Fsp3) is 0.235. The maximum Gasteiger partial charge on any atom is 0.269 e. The molecule has 0 saturated carbocycles. The summed E-state index contributed by atoms with van der Waals surface area (Å²) in [5, 5.41) is 17.3. The summed E-state index contributed by atoms with van der Waals surface area (Å²) >= 11 is 5.28. The van der Waals surface area contributed by atoms with Gasteiger partial charge in [-0.05, 0) is 55.9 Å². The van der Waals surface area contributed by atoms with Crippen LogP contribution in [0.3, 0.4) is 0 Å². The maximum absolute atomic E-state index is 10.6. The van der Waals surface area contributed by atoms with Crippen LogP contribution in [0.4, 0.5) is 11.4 Å². The molecule has 0 heterocycles. The highest BCUT2D eigenvalue weighted by Gasteiger charge is 2.09. The van der Waals surface area contributed by atoms with Crippen molar-refractivity contribution in [2.75, 3.05) is 11.9 Å². The van der Waals surface area contributed by atoms with Gasteiger partial charge in [-0.2, -0.15) is 0 Å². The quantitative estimate of drug-likeness (QED) is 0.467. The summed E-state index contributed by atoms with van der Waals surface area (Å²) in [5.41, 5.74) is 1.81. The van der Waals surface area contributed by atoms with Crippen LogP contribution >= 0.6 is 12.2 Å². The predicted molar refractivity (Wildman–Crippen MR) is 98.5 cm³/mol. The van der Waals surface area contributed by atoms with Crippen molar-refractivity contribution in [1.29, 1.82) is 0 Å². The average Bonchev–Trinajstić information content (AvgIpc) is 2.56. The second-order valence-electron chi connectivity index (χ2n) is 5.13. The molecule has 6 nitrogen and oxygen atoms in total. The van der Waals surface area contributed by atoms with E-state index in [0.29, 0.717) is 17.4 Å². The summed E-state index contributed by atoms with van der Waals surface area (Å²) in [6.07, 6.45) is 0. The molecule has 0 saturated heterocycles. The average molecular weight is 345 g/mol. The van der Waals surface area contributed by atoms with Gasteiger partial charge < -0.3 is 15.4 Å². The fourth-order valence-electron chi connectivity index (χ4n) is 2.13. The zero-order valence-electron chi connectivity index (χ0n) is 13.5. The third-order valence-corrected chi connectivity index (χ3v) is 3.59. The van der Waals surface area contributed by atoms with Gasteiger partial charge in [-0.3, -0.25) is 10.1 Å². The maximum atomic E-state index is 10.6. The smallest absolute Gasteiger partial charge is 0.269 e. The van der Waals surface area contributed by atoms with Crippen LogP contribution < -0.4 is 15.4 Å². The molecule has 0 spiro atoms. The number of hydrogen-bond donors (Lipinski definition) is 2. The zero-order valence-corrected chi connectivity index (χ0v) is 14.3. The highest BCUT2D eigenvalue weighted by molar-refractivity contribution is 7.80. The van der Waals surface area contributed by atoms with Gasteiger partial charge in [0.05, 0.1) is 17.6 Å². The number of hydrogen-bond acceptors (Lipinski definition) is 4. The van der Waals surface area contributed by atoms with Crippen molar-refractivity contribution in [2.45, 2.75) is 19.9 Å². The molecule has 2 aromatic rings. The number of non-ortho nitro benzene ring substituents is 1. The molecule has 2 rings (SSSR count). The van der Waals surface area contributed by atoms with E-state index in [1.54, 1.807) is 12.1 Å². The lowest BCUT2D eigenvalue weighted by atomic mass is 10.1. The molecule has 2 aromatic carbocycles. The van der Waals surface area contributed by atoms with Gasteiger partial charge in [-0.1, -0.05) is 12.1 Å². The molecule has 24 heavy (non-hydrogen) atoms. The van der Waals surface area contributed by atoms with Crippen molar-refractivity contribution in [1.82, 2.24) is 5.32 Å². The zero-order chi connectivity index (χ0) is 17.5. The second kappa shape index (κ2) is 8.26. The number of benzene rings is 2. The van der Waals surface area contributed by atoms with Gasteiger partial charge in [0.15, 0.2) is 5.11 Å². The summed E-state index contributed by atoms with van der Waals surface area (Å²) in [5.74, 6) is 0.833. The third kappa shape index (κ3) is 4.92. The van der Waals surface area contributed by atoms with Gasteiger partial charge in [-0.15, -0.1) is 0 Å². The molecule has 0 unspecified atom stereocenters. The Labute approximate surface area is 146 Å². The number of rotatable bonds is 6. The van der Waals surface area contributed by atoms with Gasteiger partial charge in [0, 0.05) is 17.8 Å². The first-order chi connectivity index (χ1) is 11.5. The van der Waals surface area contributed by atoms with Crippen LogP contribution in [-0.2, 0) is 0 Å². The molecule has 0 aromatic heterocycles. The van der Waals surface area contributed by atoms with Crippen LogP contribution in [0.2, 0.25) is 0 Å². The summed E-state index contributed by atoms with van der Waals surface area (Å²) in [7, 11) is 0. The van der Waals surface area contributed by atoms with E-state index >= 15 is 0 Å². The van der Waals surface area contributed by atoms with E-state index in [2.05, 4.69) is 10.6 Å². The van der Waals surface area contributed by atoms with E-state index in [4.69, 9.17) is 17.0 Å². The lowest BCUT2D eigenvalue weighted by molar-refractivity contribution is -0.384. The Kier molecular flexibility index (Phi) is 6.08. The van der Waals surface area contributed by atoms with Crippen molar-refractivity contribution >= 4 is 28.7 Å². The minimum Gasteiger partial charge on any atom is -0.494 e. The summed E-state index contributed by atoms with van der Waals surface area (Å²) in [4.78, 5) is 10.2. The Hall–Kier alpha value is -2.67. The first-order valence-corrected chi connectivity index (χ1v) is 7.95. The Morgan fingerprint density at radius 3 is 2.38 bits per heavy atom. The van der Waals surface area contributed by atoms with Crippen LogP contribution in [-0.4, -0.2) is 16.6 Å². The topological polar surface area (TPSA) is 76.4 Å². The predicted octanol–water partition coefficient (Wildman–Crippen LogP) is 4.04. The molecule has 0 aliphatic rings. The molecule has 0 bridgehead atoms. The number of nitrogens with zero attached hydrogens (tertiary/aromatic N) is 1. The molecule has 2 N–H and O–H groups in total. The number of thiocarbonyl (C=S) groups is 1. The number of ether oxygens (including phenoxy) is 1. The van der Waals surface area contributed by atoms with E-state index in [9.17, 15) is 10.1 Å². The van der Waals surface area contributed by atoms with Crippen molar-refractivity contribution < 1.29 is 9.66 Å². The minimum atomic E-state index is -0.436. The molecule has 126 valence electrons. The lowest BCUT2D eigenvalue weighted by Crippen LogP contribution is -2.30. The molecule has 0 aliphatic carbocycles.